The highest BCUT2D eigenvalue weighted by molar-refractivity contribution is 7.47. The molecule has 402 valence electrons. The number of carbonyl (C=O) groups is 3. The van der Waals surface area contributed by atoms with Gasteiger partial charge in [-0.05, 0) is 38.5 Å². The van der Waals surface area contributed by atoms with Gasteiger partial charge in [-0.2, -0.15) is 0 Å². The zero-order valence-corrected chi connectivity index (χ0v) is 45.2. The lowest BCUT2D eigenvalue weighted by Crippen LogP contribution is -2.30. The van der Waals surface area contributed by atoms with Crippen LogP contribution in [-0.4, -0.2) is 66.5 Å². The number of phosphoric acid groups is 1. The van der Waals surface area contributed by atoms with Gasteiger partial charge in [0.15, 0.2) is 6.10 Å². The topological polar surface area (TPSA) is 155 Å². The van der Waals surface area contributed by atoms with E-state index in [1.54, 1.807) is 0 Å². The Morgan fingerprint density at radius 2 is 0.691 bits per heavy atom. The molecule has 3 atom stereocenters. The molecule has 68 heavy (non-hydrogen) atoms. The molecule has 0 aromatic carbocycles. The van der Waals surface area contributed by atoms with Gasteiger partial charge in [-0.3, -0.25) is 23.4 Å². The molecule has 0 radical (unpaired) electrons. The molecule has 0 bridgehead atoms. The molecule has 0 saturated carbocycles. The molecule has 0 amide bonds. The fraction of sp³-hybridized carbons (Fsp3) is 0.911. The summed E-state index contributed by atoms with van der Waals surface area (Å²) in [6.45, 7) is 4.65. The zero-order valence-electron chi connectivity index (χ0n) is 44.4. The lowest BCUT2D eigenvalue weighted by atomic mass is 10.0. The van der Waals surface area contributed by atoms with Crippen LogP contribution in [0.15, 0.2) is 12.2 Å². The van der Waals surface area contributed by atoms with Crippen LogP contribution in [0.25, 0.3) is 0 Å². The molecule has 0 aliphatic rings. The molecule has 2 N–H and O–H groups in total. The Bertz CT molecular complexity index is 1200. The van der Waals surface area contributed by atoms with Gasteiger partial charge < -0.3 is 24.2 Å². The second-order valence-electron chi connectivity index (χ2n) is 19.5. The molecule has 0 saturated heterocycles. The Balaban J connectivity index is 4.68. The fourth-order valence-corrected chi connectivity index (χ4v) is 9.06. The van der Waals surface area contributed by atoms with Gasteiger partial charge in [0.1, 0.15) is 12.7 Å². The number of rotatable bonds is 54. The predicted octanol–water partition coefficient (Wildman–Crippen LogP) is 16.5. The van der Waals surface area contributed by atoms with Crippen molar-refractivity contribution in [1.82, 2.24) is 0 Å². The Morgan fingerprint density at radius 1 is 0.397 bits per heavy atom. The number of hydrogen-bond acceptors (Lipinski definition) is 10. The molecule has 0 aliphatic carbocycles. The third-order valence-electron chi connectivity index (χ3n) is 12.7. The largest absolute Gasteiger partial charge is 0.472 e. The van der Waals surface area contributed by atoms with E-state index in [9.17, 15) is 28.9 Å². The first-order chi connectivity index (χ1) is 33.2. The van der Waals surface area contributed by atoms with E-state index < -0.39 is 57.8 Å². The van der Waals surface area contributed by atoms with E-state index in [2.05, 4.69) is 32.9 Å². The van der Waals surface area contributed by atoms with Gasteiger partial charge in [-0.15, -0.1) is 0 Å². The van der Waals surface area contributed by atoms with Crippen LogP contribution in [0.1, 0.15) is 290 Å². The summed E-state index contributed by atoms with van der Waals surface area (Å²) in [6.07, 6.45) is 48.8. The van der Waals surface area contributed by atoms with Crippen molar-refractivity contribution in [2.75, 3.05) is 26.4 Å². The highest BCUT2D eigenvalue weighted by Crippen LogP contribution is 2.43. The van der Waals surface area contributed by atoms with E-state index in [0.29, 0.717) is 19.3 Å². The third kappa shape index (κ3) is 49.2. The van der Waals surface area contributed by atoms with Gasteiger partial charge in [0.2, 0.25) is 0 Å². The van der Waals surface area contributed by atoms with E-state index in [-0.39, 0.29) is 25.9 Å². The number of ether oxygens (including phenoxy) is 3. The van der Waals surface area contributed by atoms with Crippen LogP contribution in [0.3, 0.4) is 0 Å². The maximum Gasteiger partial charge on any atom is 0.472 e. The third-order valence-corrected chi connectivity index (χ3v) is 13.6. The highest BCUT2D eigenvalue weighted by atomic mass is 31.2. The monoisotopic (exact) mass is 987 g/mol. The number of hydrogen-bond donors (Lipinski definition) is 2. The first-order valence-corrected chi connectivity index (χ1v) is 30.1. The van der Waals surface area contributed by atoms with Gasteiger partial charge in [0.05, 0.1) is 19.8 Å². The second-order valence-corrected chi connectivity index (χ2v) is 20.9. The van der Waals surface area contributed by atoms with Gasteiger partial charge >= 0.3 is 25.7 Å². The van der Waals surface area contributed by atoms with Crippen molar-refractivity contribution in [3.63, 3.8) is 0 Å². The van der Waals surface area contributed by atoms with Gasteiger partial charge in [-0.1, -0.05) is 245 Å². The number of phosphoric ester groups is 1. The van der Waals surface area contributed by atoms with E-state index in [0.717, 1.165) is 77.0 Å². The van der Waals surface area contributed by atoms with Gasteiger partial charge in [0.25, 0.3) is 0 Å². The summed E-state index contributed by atoms with van der Waals surface area (Å²) in [7, 11) is -4.73. The van der Waals surface area contributed by atoms with Crippen LogP contribution < -0.4 is 0 Å². The Labute approximate surface area is 417 Å². The average molecular weight is 987 g/mol. The number of carbonyl (C=O) groups excluding carboxylic acids is 3. The SMILES string of the molecule is CCCC/C=C\CCCCCCCC(=O)OC(CO)COP(=O)(O)OCC(COC(=O)CCCCCCCCCCCCCCCCC)OC(=O)CCCCCCCCCCCCCCCCC. The molecule has 0 aliphatic heterocycles. The van der Waals surface area contributed by atoms with E-state index in [4.69, 9.17) is 23.3 Å². The smallest absolute Gasteiger partial charge is 0.462 e. The second kappa shape index (κ2) is 51.6. The van der Waals surface area contributed by atoms with Crippen molar-refractivity contribution in [3.8, 4) is 0 Å². The molecular weight excluding hydrogens is 880 g/mol. The summed E-state index contributed by atoms with van der Waals surface area (Å²) >= 11 is 0. The van der Waals surface area contributed by atoms with Crippen molar-refractivity contribution in [3.05, 3.63) is 12.2 Å². The molecule has 0 fully saturated rings. The quantitative estimate of drug-likeness (QED) is 0.0197. The van der Waals surface area contributed by atoms with Crippen molar-refractivity contribution in [2.24, 2.45) is 0 Å². The van der Waals surface area contributed by atoms with Crippen LogP contribution in [0.2, 0.25) is 0 Å². The summed E-state index contributed by atoms with van der Waals surface area (Å²) in [4.78, 5) is 48.4. The minimum atomic E-state index is -4.73. The van der Waals surface area contributed by atoms with Crippen LogP contribution in [0, 0.1) is 0 Å². The molecule has 0 rings (SSSR count). The molecule has 0 aromatic rings. The zero-order chi connectivity index (χ0) is 49.9. The lowest BCUT2D eigenvalue weighted by Gasteiger charge is -2.21. The maximum absolute atomic E-state index is 12.9. The van der Waals surface area contributed by atoms with E-state index in [1.165, 1.54) is 154 Å². The summed E-state index contributed by atoms with van der Waals surface area (Å²) in [5.41, 5.74) is 0. The first kappa shape index (κ1) is 66.2. The van der Waals surface area contributed by atoms with Gasteiger partial charge in [-0.25, -0.2) is 4.57 Å². The molecule has 3 unspecified atom stereocenters. The average Bonchev–Trinajstić information content (AvgIpc) is 3.32. The molecule has 11 nitrogen and oxygen atoms in total. The highest BCUT2D eigenvalue weighted by Gasteiger charge is 2.28. The maximum atomic E-state index is 12.9. The number of aliphatic hydroxyl groups excluding tert-OH is 1. The summed E-state index contributed by atoms with van der Waals surface area (Å²) in [5.74, 6) is -1.44. The number of aliphatic hydroxyl groups is 1. The van der Waals surface area contributed by atoms with Crippen LogP contribution >= 0.6 is 7.82 Å². The van der Waals surface area contributed by atoms with Crippen LogP contribution in [0.4, 0.5) is 0 Å². The number of esters is 3. The molecule has 12 heteroatoms. The molecule has 0 aromatic heterocycles. The summed E-state index contributed by atoms with van der Waals surface area (Å²) in [5, 5.41) is 9.78. The standard InChI is InChI=1S/C56H107O11P/c1-4-7-10-13-16-19-22-24-26-28-31-33-36-39-42-45-54(58)63-49-53(67-56(60)47-44-41-38-35-32-29-27-25-23-20-17-14-11-8-5-2)51-65-68(61,62)64-50-52(48-57)66-55(59)46-43-40-37-34-30-21-18-15-12-9-6-3/h15,18,52-53,57H,4-14,16-17,19-51H2,1-3H3,(H,61,62)/b18-15-. The van der Waals surface area contributed by atoms with Crippen LogP contribution in [-0.2, 0) is 42.2 Å². The molecular formula is C56H107O11P. The number of unbranched alkanes of at least 4 members (excludes halogenated alkanes) is 35. The predicted molar refractivity (Wildman–Crippen MR) is 280 cm³/mol. The molecule has 0 spiro atoms. The minimum Gasteiger partial charge on any atom is -0.462 e. The van der Waals surface area contributed by atoms with Crippen molar-refractivity contribution >= 4 is 25.7 Å². The number of allylic oxidation sites excluding steroid dienone is 2. The van der Waals surface area contributed by atoms with Crippen molar-refractivity contribution in [1.29, 1.82) is 0 Å². The molecule has 0 heterocycles. The normalized spacial score (nSPS) is 13.4. The fourth-order valence-electron chi connectivity index (χ4n) is 8.28. The first-order valence-electron chi connectivity index (χ1n) is 28.6. The van der Waals surface area contributed by atoms with Crippen molar-refractivity contribution < 1.29 is 52.2 Å². The summed E-state index contributed by atoms with van der Waals surface area (Å²) < 4.78 is 39.5. The Hall–Kier alpha value is -1.78. The van der Waals surface area contributed by atoms with Crippen molar-refractivity contribution in [2.45, 2.75) is 303 Å². The Kier molecular flexibility index (Phi) is 50.2. The Morgan fingerprint density at radius 3 is 1.06 bits per heavy atom. The summed E-state index contributed by atoms with van der Waals surface area (Å²) in [6, 6.07) is 0. The minimum absolute atomic E-state index is 0.172. The van der Waals surface area contributed by atoms with Gasteiger partial charge in [0, 0.05) is 19.3 Å². The lowest BCUT2D eigenvalue weighted by molar-refractivity contribution is -0.161. The van der Waals surface area contributed by atoms with E-state index in [1.807, 2.05) is 0 Å². The van der Waals surface area contributed by atoms with Crippen LogP contribution in [0.5, 0.6) is 0 Å². The van der Waals surface area contributed by atoms with E-state index >= 15 is 0 Å².